The Morgan fingerprint density at radius 3 is 2.50 bits per heavy atom. The largest absolute Gasteiger partial charge is 0.330 e. The molecule has 1 fully saturated rings. The summed E-state index contributed by atoms with van der Waals surface area (Å²) in [5, 5.41) is 0. The standard InChI is InChI=1S/C23H31FN6O2/c1-3-4-12-30-21-20(22(31)26-23(30)32)27(2)19(25-21)16-29-11-7-10-28(13-14-29)15-17-8-5-6-9-18(17)24/h5-6,8-9H,3-4,7,10-16H2,1-2H3,(H,26,31,32). The lowest BCUT2D eigenvalue weighted by Gasteiger charge is -2.21. The molecule has 4 rings (SSSR count). The van der Waals surface area contributed by atoms with E-state index in [4.69, 9.17) is 4.98 Å². The molecule has 3 heterocycles. The van der Waals surface area contributed by atoms with Crippen LogP contribution in [0.4, 0.5) is 4.39 Å². The predicted octanol–water partition coefficient (Wildman–Crippen LogP) is 2.07. The maximum Gasteiger partial charge on any atom is 0.330 e. The number of halogens is 1. The lowest BCUT2D eigenvalue weighted by atomic mass is 10.2. The highest BCUT2D eigenvalue weighted by molar-refractivity contribution is 5.70. The van der Waals surface area contributed by atoms with Crippen LogP contribution in [0, 0.1) is 5.82 Å². The summed E-state index contributed by atoms with van der Waals surface area (Å²) in [5.41, 5.74) is 0.818. The molecular weight excluding hydrogens is 411 g/mol. The van der Waals surface area contributed by atoms with Gasteiger partial charge in [-0.3, -0.25) is 24.1 Å². The van der Waals surface area contributed by atoms with E-state index in [1.807, 2.05) is 19.2 Å². The van der Waals surface area contributed by atoms with Crippen molar-refractivity contribution in [1.29, 1.82) is 0 Å². The van der Waals surface area contributed by atoms with Gasteiger partial charge in [-0.25, -0.2) is 14.2 Å². The van der Waals surface area contributed by atoms with Gasteiger partial charge in [0.1, 0.15) is 11.6 Å². The molecule has 2 aromatic heterocycles. The third-order valence-corrected chi connectivity index (χ3v) is 6.24. The first-order valence-electron chi connectivity index (χ1n) is 11.3. The smallest absolute Gasteiger partial charge is 0.324 e. The van der Waals surface area contributed by atoms with E-state index >= 15 is 0 Å². The zero-order chi connectivity index (χ0) is 22.7. The quantitative estimate of drug-likeness (QED) is 0.606. The molecule has 0 radical (unpaired) electrons. The van der Waals surface area contributed by atoms with Crippen molar-refractivity contribution in [1.82, 2.24) is 28.9 Å². The predicted molar refractivity (Wildman–Crippen MR) is 122 cm³/mol. The van der Waals surface area contributed by atoms with Gasteiger partial charge in [0.15, 0.2) is 11.2 Å². The summed E-state index contributed by atoms with van der Waals surface area (Å²) < 4.78 is 17.4. The lowest BCUT2D eigenvalue weighted by molar-refractivity contribution is 0.241. The third-order valence-electron chi connectivity index (χ3n) is 6.24. The zero-order valence-electron chi connectivity index (χ0n) is 18.8. The Morgan fingerprint density at radius 1 is 1.06 bits per heavy atom. The number of hydrogen-bond acceptors (Lipinski definition) is 5. The minimum Gasteiger partial charge on any atom is -0.324 e. The van der Waals surface area contributed by atoms with Gasteiger partial charge in [0, 0.05) is 38.8 Å². The van der Waals surface area contributed by atoms with E-state index in [0.29, 0.717) is 30.8 Å². The molecule has 9 heteroatoms. The molecule has 1 saturated heterocycles. The summed E-state index contributed by atoms with van der Waals surface area (Å²) in [7, 11) is 1.83. The van der Waals surface area contributed by atoms with Gasteiger partial charge in [-0.2, -0.15) is 0 Å². The summed E-state index contributed by atoms with van der Waals surface area (Å²) in [5.74, 6) is 0.608. The highest BCUT2D eigenvalue weighted by Crippen LogP contribution is 2.16. The number of aromatic nitrogens is 4. The fourth-order valence-corrected chi connectivity index (χ4v) is 4.36. The number of aromatic amines is 1. The topological polar surface area (TPSA) is 79.2 Å². The van der Waals surface area contributed by atoms with Crippen molar-refractivity contribution in [3.8, 4) is 0 Å². The highest BCUT2D eigenvalue weighted by atomic mass is 19.1. The van der Waals surface area contributed by atoms with Crippen LogP contribution in [0.2, 0.25) is 0 Å². The van der Waals surface area contributed by atoms with Crippen molar-refractivity contribution in [3.63, 3.8) is 0 Å². The van der Waals surface area contributed by atoms with E-state index in [0.717, 1.165) is 56.8 Å². The van der Waals surface area contributed by atoms with Crippen LogP contribution in [0.1, 0.15) is 37.6 Å². The second-order valence-corrected chi connectivity index (χ2v) is 8.52. The van der Waals surface area contributed by atoms with Gasteiger partial charge < -0.3 is 4.57 Å². The molecule has 1 aliphatic heterocycles. The summed E-state index contributed by atoms with van der Waals surface area (Å²) in [6.07, 6.45) is 2.76. The van der Waals surface area contributed by atoms with Crippen LogP contribution in [-0.4, -0.2) is 55.1 Å². The van der Waals surface area contributed by atoms with E-state index in [9.17, 15) is 14.0 Å². The molecule has 172 valence electrons. The van der Waals surface area contributed by atoms with E-state index in [1.54, 1.807) is 15.2 Å². The first-order valence-corrected chi connectivity index (χ1v) is 11.3. The molecule has 32 heavy (non-hydrogen) atoms. The summed E-state index contributed by atoms with van der Waals surface area (Å²) in [4.78, 5) is 36.5. The van der Waals surface area contributed by atoms with Gasteiger partial charge in [0.05, 0.1) is 6.54 Å². The highest BCUT2D eigenvalue weighted by Gasteiger charge is 2.21. The molecular formula is C23H31FN6O2. The van der Waals surface area contributed by atoms with Crippen LogP contribution in [0.5, 0.6) is 0 Å². The molecule has 0 bridgehead atoms. The van der Waals surface area contributed by atoms with Gasteiger partial charge in [-0.15, -0.1) is 0 Å². The first-order chi connectivity index (χ1) is 15.5. The van der Waals surface area contributed by atoms with Crippen LogP contribution in [0.25, 0.3) is 11.2 Å². The number of fused-ring (bicyclic) bond motifs is 1. The molecule has 1 N–H and O–H groups in total. The maximum absolute atomic E-state index is 14.0. The van der Waals surface area contributed by atoms with E-state index < -0.39 is 11.2 Å². The molecule has 1 aliphatic rings. The molecule has 0 spiro atoms. The number of unbranched alkanes of at least 4 members (excludes halogenated alkanes) is 1. The summed E-state index contributed by atoms with van der Waals surface area (Å²) >= 11 is 0. The van der Waals surface area contributed by atoms with Gasteiger partial charge in [-0.1, -0.05) is 31.5 Å². The average molecular weight is 443 g/mol. The Morgan fingerprint density at radius 2 is 1.78 bits per heavy atom. The average Bonchev–Trinajstić information content (AvgIpc) is 2.93. The van der Waals surface area contributed by atoms with Crippen LogP contribution >= 0.6 is 0 Å². The Hall–Kier alpha value is -2.78. The zero-order valence-corrected chi connectivity index (χ0v) is 18.8. The second kappa shape index (κ2) is 9.79. The number of aryl methyl sites for hydroxylation is 2. The van der Waals surface area contributed by atoms with Crippen LogP contribution in [-0.2, 0) is 26.7 Å². The molecule has 8 nitrogen and oxygen atoms in total. The Kier molecular flexibility index (Phi) is 6.86. The lowest BCUT2D eigenvalue weighted by Crippen LogP contribution is -2.31. The van der Waals surface area contributed by atoms with Crippen LogP contribution < -0.4 is 11.2 Å². The van der Waals surface area contributed by atoms with E-state index in [2.05, 4.69) is 21.7 Å². The SMILES string of the molecule is CCCCn1c(=O)[nH]c(=O)c2c1nc(CN1CCCN(Cc3ccccc3F)CC1)n2C. The number of rotatable bonds is 7. The molecule has 3 aromatic rings. The van der Waals surface area contributed by atoms with Gasteiger partial charge in [-0.05, 0) is 32.0 Å². The van der Waals surface area contributed by atoms with E-state index in [-0.39, 0.29) is 5.82 Å². The first kappa shape index (κ1) is 22.4. The second-order valence-electron chi connectivity index (χ2n) is 8.52. The monoisotopic (exact) mass is 442 g/mol. The summed E-state index contributed by atoms with van der Waals surface area (Å²) in [6, 6.07) is 6.93. The van der Waals surface area contributed by atoms with Crippen molar-refractivity contribution in [3.05, 3.63) is 62.3 Å². The number of hydrogen-bond donors (Lipinski definition) is 1. The van der Waals surface area contributed by atoms with Gasteiger partial charge in [0.25, 0.3) is 5.56 Å². The van der Waals surface area contributed by atoms with Gasteiger partial charge in [0.2, 0.25) is 0 Å². The Labute approximate surface area is 186 Å². The minimum absolute atomic E-state index is 0.160. The van der Waals surface area contributed by atoms with Crippen molar-refractivity contribution in [2.75, 3.05) is 26.2 Å². The fourth-order valence-electron chi connectivity index (χ4n) is 4.36. The molecule has 0 aliphatic carbocycles. The van der Waals surface area contributed by atoms with Gasteiger partial charge >= 0.3 is 5.69 Å². The van der Waals surface area contributed by atoms with Crippen LogP contribution in [0.3, 0.4) is 0 Å². The number of nitrogens with one attached hydrogen (secondary N) is 1. The van der Waals surface area contributed by atoms with E-state index in [1.165, 1.54) is 6.07 Å². The fraction of sp³-hybridized carbons (Fsp3) is 0.522. The van der Waals surface area contributed by atoms with Crippen molar-refractivity contribution in [2.24, 2.45) is 7.05 Å². The number of nitrogens with zero attached hydrogens (tertiary/aromatic N) is 5. The van der Waals surface area contributed by atoms with Crippen molar-refractivity contribution in [2.45, 2.75) is 45.8 Å². The molecule has 0 atom stereocenters. The number of benzene rings is 1. The number of H-pyrrole nitrogens is 1. The third kappa shape index (κ3) is 4.68. The molecule has 0 amide bonds. The molecule has 0 saturated carbocycles. The molecule has 1 aromatic carbocycles. The summed E-state index contributed by atoms with van der Waals surface area (Å²) in [6.45, 7) is 7.27. The van der Waals surface area contributed by atoms with Crippen molar-refractivity contribution >= 4 is 11.2 Å². The normalized spacial score (nSPS) is 16.0. The Balaban J connectivity index is 1.50. The molecule has 0 unspecified atom stereocenters. The van der Waals surface area contributed by atoms with Crippen LogP contribution in [0.15, 0.2) is 33.9 Å². The maximum atomic E-state index is 14.0. The minimum atomic E-state index is -0.404. The number of imidazole rings is 1. The van der Waals surface area contributed by atoms with Crippen molar-refractivity contribution < 1.29 is 4.39 Å². The Bertz CT molecular complexity index is 1200.